The van der Waals surface area contributed by atoms with Gasteiger partial charge in [-0.05, 0) is 5.75 Å². The Hall–Kier alpha value is -2.10. The number of benzene rings is 1. The van der Waals surface area contributed by atoms with E-state index in [1.165, 1.54) is 29.2 Å². The SMILES string of the molecule is CCSCc1cc(=O)[nH]c(SCC(=O)Nc2nc(-c3ccccc3)cs2)n1. The van der Waals surface area contributed by atoms with Crippen molar-refractivity contribution in [3.05, 3.63) is 57.8 Å². The predicted molar refractivity (Wildman–Crippen MR) is 114 cm³/mol. The number of aromatic amines is 1. The van der Waals surface area contributed by atoms with Crippen LogP contribution in [0.15, 0.2) is 51.7 Å². The van der Waals surface area contributed by atoms with Gasteiger partial charge in [0.05, 0.1) is 17.1 Å². The fraction of sp³-hybridized carbons (Fsp3) is 0.222. The molecule has 0 radical (unpaired) electrons. The summed E-state index contributed by atoms with van der Waals surface area (Å²) < 4.78 is 0. The highest BCUT2D eigenvalue weighted by Crippen LogP contribution is 2.24. The van der Waals surface area contributed by atoms with Crippen LogP contribution >= 0.6 is 34.9 Å². The maximum Gasteiger partial charge on any atom is 0.251 e. The Labute approximate surface area is 169 Å². The molecule has 1 aromatic carbocycles. The van der Waals surface area contributed by atoms with Crippen LogP contribution in [0, 0.1) is 0 Å². The number of carbonyl (C=O) groups excluding carboxylic acids is 1. The van der Waals surface area contributed by atoms with Crippen LogP contribution in [0.5, 0.6) is 0 Å². The van der Waals surface area contributed by atoms with Crippen molar-refractivity contribution in [2.45, 2.75) is 17.8 Å². The number of H-pyrrole nitrogens is 1. The molecule has 0 saturated carbocycles. The first-order chi connectivity index (χ1) is 13.1. The van der Waals surface area contributed by atoms with Gasteiger partial charge in [-0.25, -0.2) is 9.97 Å². The molecule has 0 aliphatic heterocycles. The highest BCUT2D eigenvalue weighted by molar-refractivity contribution is 7.99. The number of anilines is 1. The molecule has 6 nitrogen and oxygen atoms in total. The molecular weight excluding hydrogens is 400 g/mol. The first-order valence-corrected chi connectivity index (χ1v) is 11.3. The minimum Gasteiger partial charge on any atom is -0.301 e. The molecule has 0 bridgehead atoms. The third-order valence-electron chi connectivity index (χ3n) is 3.39. The Morgan fingerprint density at radius 2 is 2.07 bits per heavy atom. The lowest BCUT2D eigenvalue weighted by atomic mass is 10.2. The van der Waals surface area contributed by atoms with Crippen molar-refractivity contribution in [3.63, 3.8) is 0 Å². The van der Waals surface area contributed by atoms with Crippen molar-refractivity contribution in [2.24, 2.45) is 0 Å². The average Bonchev–Trinajstić information content (AvgIpc) is 3.13. The second kappa shape index (κ2) is 9.72. The summed E-state index contributed by atoms with van der Waals surface area (Å²) in [4.78, 5) is 35.4. The highest BCUT2D eigenvalue weighted by atomic mass is 32.2. The Kier molecular flexibility index (Phi) is 7.08. The number of amides is 1. The zero-order valence-corrected chi connectivity index (χ0v) is 17.0. The maximum atomic E-state index is 12.2. The van der Waals surface area contributed by atoms with Crippen molar-refractivity contribution in [1.29, 1.82) is 0 Å². The van der Waals surface area contributed by atoms with Crippen molar-refractivity contribution in [2.75, 3.05) is 16.8 Å². The Morgan fingerprint density at radius 3 is 2.85 bits per heavy atom. The van der Waals surface area contributed by atoms with E-state index in [4.69, 9.17) is 0 Å². The van der Waals surface area contributed by atoms with E-state index < -0.39 is 0 Å². The Morgan fingerprint density at radius 1 is 1.26 bits per heavy atom. The predicted octanol–water partition coefficient (Wildman–Crippen LogP) is 3.88. The average molecular weight is 419 g/mol. The molecule has 2 heterocycles. The van der Waals surface area contributed by atoms with Crippen molar-refractivity contribution >= 4 is 45.9 Å². The van der Waals surface area contributed by atoms with Crippen LogP contribution in [0.25, 0.3) is 11.3 Å². The first kappa shape index (κ1) is 19.7. The van der Waals surface area contributed by atoms with Gasteiger partial charge in [-0.15, -0.1) is 11.3 Å². The van der Waals surface area contributed by atoms with Gasteiger partial charge in [0.15, 0.2) is 10.3 Å². The molecular formula is C18H18N4O2S3. The molecule has 0 spiro atoms. The van der Waals surface area contributed by atoms with Gasteiger partial charge in [-0.1, -0.05) is 49.0 Å². The van der Waals surface area contributed by atoms with E-state index in [0.717, 1.165) is 22.7 Å². The van der Waals surface area contributed by atoms with E-state index in [9.17, 15) is 9.59 Å². The molecule has 0 aliphatic carbocycles. The van der Waals surface area contributed by atoms with E-state index in [2.05, 4.69) is 27.2 Å². The van der Waals surface area contributed by atoms with Crippen molar-refractivity contribution in [1.82, 2.24) is 15.0 Å². The lowest BCUT2D eigenvalue weighted by Crippen LogP contribution is -2.15. The van der Waals surface area contributed by atoms with E-state index in [1.54, 1.807) is 11.8 Å². The first-order valence-electron chi connectivity index (χ1n) is 8.25. The van der Waals surface area contributed by atoms with Crippen LogP contribution in [0.1, 0.15) is 12.6 Å². The summed E-state index contributed by atoms with van der Waals surface area (Å²) in [5, 5.41) is 5.70. The minimum absolute atomic E-state index is 0.146. The third kappa shape index (κ3) is 5.95. The quantitative estimate of drug-likeness (QED) is 0.426. The number of aromatic nitrogens is 3. The summed E-state index contributed by atoms with van der Waals surface area (Å²) in [6, 6.07) is 11.3. The maximum absolute atomic E-state index is 12.2. The number of nitrogens with one attached hydrogen (secondary N) is 2. The number of carbonyl (C=O) groups is 1. The molecule has 27 heavy (non-hydrogen) atoms. The molecule has 140 valence electrons. The standard InChI is InChI=1S/C18H18N4O2S3/c1-2-25-9-13-8-15(23)21-17(19-13)27-11-16(24)22-18-20-14(10-26-18)12-6-4-3-5-7-12/h3-8,10H,2,9,11H2,1H3,(H,19,21,23)(H,20,22,24). The van der Waals surface area contributed by atoms with Crippen molar-refractivity contribution < 1.29 is 4.79 Å². The van der Waals surface area contributed by atoms with Gasteiger partial charge in [-0.3, -0.25) is 9.59 Å². The zero-order chi connectivity index (χ0) is 19.1. The highest BCUT2D eigenvalue weighted by Gasteiger charge is 2.10. The number of thioether (sulfide) groups is 2. The fourth-order valence-electron chi connectivity index (χ4n) is 2.19. The molecule has 1 amide bonds. The van der Waals surface area contributed by atoms with Crippen LogP contribution in [0.2, 0.25) is 0 Å². The van der Waals surface area contributed by atoms with Crippen LogP contribution in [0.4, 0.5) is 5.13 Å². The largest absolute Gasteiger partial charge is 0.301 e. The van der Waals surface area contributed by atoms with Gasteiger partial charge in [-0.2, -0.15) is 11.8 Å². The van der Waals surface area contributed by atoms with E-state index in [1.807, 2.05) is 35.7 Å². The minimum atomic E-state index is -0.202. The number of hydrogen-bond acceptors (Lipinski definition) is 7. The number of rotatable bonds is 8. The molecule has 0 aliphatic rings. The smallest absolute Gasteiger partial charge is 0.251 e. The van der Waals surface area contributed by atoms with E-state index in [-0.39, 0.29) is 17.2 Å². The molecule has 2 aromatic heterocycles. The van der Waals surface area contributed by atoms with Gasteiger partial charge in [0.25, 0.3) is 5.56 Å². The topological polar surface area (TPSA) is 87.7 Å². The lowest BCUT2D eigenvalue weighted by Gasteiger charge is -2.04. The Balaban J connectivity index is 1.57. The fourth-order valence-corrected chi connectivity index (χ4v) is 4.19. The molecule has 0 saturated heterocycles. The van der Waals surface area contributed by atoms with E-state index in [0.29, 0.717) is 16.0 Å². The van der Waals surface area contributed by atoms with E-state index >= 15 is 0 Å². The molecule has 3 aromatic rings. The Bertz CT molecular complexity index is 956. The van der Waals surface area contributed by atoms with Crippen LogP contribution in [-0.4, -0.2) is 32.4 Å². The summed E-state index contributed by atoms with van der Waals surface area (Å²) in [5.74, 6) is 1.60. The van der Waals surface area contributed by atoms with Crippen molar-refractivity contribution in [3.8, 4) is 11.3 Å². The summed E-state index contributed by atoms with van der Waals surface area (Å²) in [6.07, 6.45) is 0. The van der Waals surface area contributed by atoms with Crippen LogP contribution < -0.4 is 10.9 Å². The number of thiazole rings is 1. The molecule has 2 N–H and O–H groups in total. The molecule has 3 rings (SSSR count). The molecule has 0 unspecified atom stereocenters. The lowest BCUT2D eigenvalue weighted by molar-refractivity contribution is -0.113. The summed E-state index contributed by atoms with van der Waals surface area (Å²) in [5.41, 5.74) is 2.36. The van der Waals surface area contributed by atoms with Gasteiger partial charge < -0.3 is 10.3 Å². The normalized spacial score (nSPS) is 10.7. The van der Waals surface area contributed by atoms with Crippen LogP contribution in [-0.2, 0) is 10.5 Å². The summed E-state index contributed by atoms with van der Waals surface area (Å²) in [6.45, 7) is 2.06. The summed E-state index contributed by atoms with van der Waals surface area (Å²) in [7, 11) is 0. The van der Waals surface area contributed by atoms with Gasteiger partial charge in [0.2, 0.25) is 5.91 Å². The third-order valence-corrected chi connectivity index (χ3v) is 5.93. The van der Waals surface area contributed by atoms with Gasteiger partial charge >= 0.3 is 0 Å². The monoisotopic (exact) mass is 418 g/mol. The van der Waals surface area contributed by atoms with Gasteiger partial charge in [0, 0.05) is 22.8 Å². The molecule has 0 fully saturated rings. The second-order valence-corrected chi connectivity index (χ2v) is 8.52. The second-order valence-electron chi connectivity index (χ2n) is 5.42. The zero-order valence-electron chi connectivity index (χ0n) is 14.6. The number of nitrogens with zero attached hydrogens (tertiary/aromatic N) is 2. The molecule has 0 atom stereocenters. The van der Waals surface area contributed by atoms with Crippen LogP contribution in [0.3, 0.4) is 0 Å². The van der Waals surface area contributed by atoms with Gasteiger partial charge in [0.1, 0.15) is 0 Å². The molecule has 9 heteroatoms. The summed E-state index contributed by atoms with van der Waals surface area (Å²) >= 11 is 4.28. The number of hydrogen-bond donors (Lipinski definition) is 2.